The maximum atomic E-state index is 13.7. The van der Waals surface area contributed by atoms with Crippen LogP contribution < -0.4 is 10.5 Å². The van der Waals surface area contributed by atoms with Crippen LogP contribution in [0.2, 0.25) is 0 Å². The molecule has 0 saturated carbocycles. The van der Waals surface area contributed by atoms with Crippen LogP contribution in [0.1, 0.15) is 29.5 Å². The first kappa shape index (κ1) is 18.6. The van der Waals surface area contributed by atoms with Crippen molar-refractivity contribution >= 4 is 12.0 Å². The number of benzene rings is 2. The van der Waals surface area contributed by atoms with E-state index < -0.39 is 11.6 Å². The van der Waals surface area contributed by atoms with E-state index in [-0.39, 0.29) is 16.9 Å². The zero-order valence-corrected chi connectivity index (χ0v) is 15.5. The van der Waals surface area contributed by atoms with Crippen molar-refractivity contribution in [2.24, 2.45) is 5.73 Å². The van der Waals surface area contributed by atoms with Gasteiger partial charge in [0.15, 0.2) is 11.6 Å². The zero-order valence-electron chi connectivity index (χ0n) is 15.5. The summed E-state index contributed by atoms with van der Waals surface area (Å²) in [4.78, 5) is 14.2. The van der Waals surface area contributed by atoms with Crippen LogP contribution in [-0.2, 0) is 16.8 Å². The molecule has 2 N–H and O–H groups in total. The molecular formula is C22H22F2N2O2. The van der Waals surface area contributed by atoms with E-state index in [0.29, 0.717) is 26.2 Å². The van der Waals surface area contributed by atoms with Crippen LogP contribution in [0.4, 0.5) is 8.78 Å². The van der Waals surface area contributed by atoms with E-state index in [0.717, 1.165) is 30.2 Å². The lowest BCUT2D eigenvalue weighted by Crippen LogP contribution is -2.45. The predicted molar refractivity (Wildman–Crippen MR) is 103 cm³/mol. The molecule has 2 aliphatic rings. The third kappa shape index (κ3) is 3.29. The molecule has 0 bridgehead atoms. The Morgan fingerprint density at radius 3 is 2.75 bits per heavy atom. The number of piperidine rings is 1. The lowest BCUT2D eigenvalue weighted by atomic mass is 9.74. The number of carbonyl (C=O) groups excluding carboxylic acids is 1. The molecule has 2 heterocycles. The first-order valence-corrected chi connectivity index (χ1v) is 9.40. The normalized spacial score (nSPS) is 17.8. The summed E-state index contributed by atoms with van der Waals surface area (Å²) in [5.41, 5.74) is 8.00. The Morgan fingerprint density at radius 2 is 2.00 bits per heavy atom. The number of likely N-dealkylation sites (tertiary alicyclic amines) is 1. The molecule has 1 amide bonds. The van der Waals surface area contributed by atoms with Crippen LogP contribution in [0.5, 0.6) is 5.75 Å². The van der Waals surface area contributed by atoms with Gasteiger partial charge in [0.2, 0.25) is 5.91 Å². The molecular weight excluding hydrogens is 362 g/mol. The first-order valence-electron chi connectivity index (χ1n) is 9.40. The van der Waals surface area contributed by atoms with Gasteiger partial charge in [0, 0.05) is 42.3 Å². The van der Waals surface area contributed by atoms with Gasteiger partial charge in [-0.3, -0.25) is 4.79 Å². The smallest absolute Gasteiger partial charge is 0.246 e. The third-order valence-electron chi connectivity index (χ3n) is 5.77. The molecule has 146 valence electrons. The summed E-state index contributed by atoms with van der Waals surface area (Å²) < 4.78 is 32.9. The largest absolute Gasteiger partial charge is 0.492 e. The lowest BCUT2D eigenvalue weighted by Gasteiger charge is -2.38. The van der Waals surface area contributed by atoms with E-state index in [4.69, 9.17) is 10.5 Å². The highest BCUT2D eigenvalue weighted by molar-refractivity contribution is 5.91. The van der Waals surface area contributed by atoms with Gasteiger partial charge in [-0.05, 0) is 36.6 Å². The molecule has 2 aliphatic heterocycles. The van der Waals surface area contributed by atoms with Crippen LogP contribution >= 0.6 is 0 Å². The Hall–Kier alpha value is -2.73. The van der Waals surface area contributed by atoms with Crippen molar-refractivity contribution in [1.29, 1.82) is 0 Å². The number of hydrogen-bond donors (Lipinski definition) is 1. The van der Waals surface area contributed by atoms with Crippen LogP contribution in [0.25, 0.3) is 6.08 Å². The van der Waals surface area contributed by atoms with E-state index in [1.807, 2.05) is 12.1 Å². The molecule has 0 atom stereocenters. The van der Waals surface area contributed by atoms with Gasteiger partial charge >= 0.3 is 0 Å². The standard InChI is InChI=1S/C22H22F2N2O2/c23-18-3-1-2-16(21(18)24)5-7-20(27)26-10-8-22(9-11-26)14-28-19-6-4-15(13-25)12-17(19)22/h1-7,12H,8-11,13-14,25H2. The highest BCUT2D eigenvalue weighted by atomic mass is 19.2. The highest BCUT2D eigenvalue weighted by Gasteiger charge is 2.43. The molecule has 6 heteroatoms. The number of fused-ring (bicyclic) bond motifs is 2. The summed E-state index contributed by atoms with van der Waals surface area (Å²) in [7, 11) is 0. The second kappa shape index (κ2) is 7.36. The molecule has 28 heavy (non-hydrogen) atoms. The second-order valence-corrected chi connectivity index (χ2v) is 7.41. The van der Waals surface area contributed by atoms with Crippen LogP contribution in [0.3, 0.4) is 0 Å². The molecule has 4 rings (SSSR count). The van der Waals surface area contributed by atoms with Crippen molar-refractivity contribution in [2.75, 3.05) is 19.7 Å². The van der Waals surface area contributed by atoms with Crippen molar-refractivity contribution < 1.29 is 18.3 Å². The Labute approximate surface area is 162 Å². The Bertz CT molecular complexity index is 934. The highest BCUT2D eigenvalue weighted by Crippen LogP contribution is 2.45. The number of halogens is 2. The number of nitrogens with two attached hydrogens (primary N) is 1. The summed E-state index contributed by atoms with van der Waals surface area (Å²) in [6, 6.07) is 9.98. The zero-order chi connectivity index (χ0) is 19.7. The summed E-state index contributed by atoms with van der Waals surface area (Å²) in [5.74, 6) is -1.17. The predicted octanol–water partition coefficient (Wildman–Crippen LogP) is 3.39. The molecule has 0 aromatic heterocycles. The number of rotatable bonds is 3. The number of nitrogens with zero attached hydrogens (tertiary/aromatic N) is 1. The SMILES string of the molecule is NCc1ccc2c(c1)C1(CCN(C(=O)C=Cc3cccc(F)c3F)CC1)CO2. The fourth-order valence-electron chi connectivity index (χ4n) is 4.02. The van der Waals surface area contributed by atoms with E-state index in [1.54, 1.807) is 4.90 Å². The number of ether oxygens (including phenoxy) is 1. The second-order valence-electron chi connectivity index (χ2n) is 7.41. The van der Waals surface area contributed by atoms with E-state index >= 15 is 0 Å². The summed E-state index contributed by atoms with van der Waals surface area (Å²) in [6.07, 6.45) is 4.22. The van der Waals surface area contributed by atoms with Gasteiger partial charge in [-0.15, -0.1) is 0 Å². The van der Waals surface area contributed by atoms with Crippen molar-refractivity contribution in [3.8, 4) is 5.75 Å². The topological polar surface area (TPSA) is 55.6 Å². The molecule has 0 unspecified atom stereocenters. The van der Waals surface area contributed by atoms with Crippen molar-refractivity contribution in [1.82, 2.24) is 4.90 Å². The van der Waals surface area contributed by atoms with Crippen LogP contribution in [0.15, 0.2) is 42.5 Å². The number of amides is 1. The molecule has 1 saturated heterocycles. The maximum absolute atomic E-state index is 13.7. The van der Waals surface area contributed by atoms with Crippen LogP contribution in [-0.4, -0.2) is 30.5 Å². The Kier molecular flexibility index (Phi) is 4.89. The molecule has 2 aromatic rings. The van der Waals surface area contributed by atoms with Gasteiger partial charge in [0.1, 0.15) is 5.75 Å². The molecule has 4 nitrogen and oxygen atoms in total. The molecule has 1 spiro atoms. The molecule has 0 aliphatic carbocycles. The minimum Gasteiger partial charge on any atom is -0.492 e. The molecule has 1 fully saturated rings. The van der Waals surface area contributed by atoms with E-state index in [1.165, 1.54) is 29.8 Å². The fraction of sp³-hybridized carbons (Fsp3) is 0.318. The monoisotopic (exact) mass is 384 g/mol. The summed E-state index contributed by atoms with van der Waals surface area (Å²) in [5, 5.41) is 0. The lowest BCUT2D eigenvalue weighted by molar-refractivity contribution is -0.127. The minimum atomic E-state index is -0.945. The quantitative estimate of drug-likeness (QED) is 0.826. The minimum absolute atomic E-state index is 0.0641. The van der Waals surface area contributed by atoms with Gasteiger partial charge in [-0.25, -0.2) is 8.78 Å². The van der Waals surface area contributed by atoms with Crippen LogP contribution in [0, 0.1) is 11.6 Å². The Morgan fingerprint density at radius 1 is 1.21 bits per heavy atom. The van der Waals surface area contributed by atoms with Crippen molar-refractivity contribution in [3.05, 3.63) is 70.8 Å². The Balaban J connectivity index is 1.44. The van der Waals surface area contributed by atoms with Crippen molar-refractivity contribution in [3.63, 3.8) is 0 Å². The average molecular weight is 384 g/mol. The van der Waals surface area contributed by atoms with Gasteiger partial charge in [0.05, 0.1) is 6.61 Å². The first-order chi connectivity index (χ1) is 13.5. The number of carbonyl (C=O) groups is 1. The summed E-state index contributed by atoms with van der Waals surface area (Å²) >= 11 is 0. The summed E-state index contributed by atoms with van der Waals surface area (Å²) in [6.45, 7) is 2.27. The van der Waals surface area contributed by atoms with E-state index in [2.05, 4.69) is 6.07 Å². The van der Waals surface area contributed by atoms with Gasteiger partial charge in [0.25, 0.3) is 0 Å². The average Bonchev–Trinajstić information content (AvgIpc) is 3.07. The van der Waals surface area contributed by atoms with Crippen molar-refractivity contribution in [2.45, 2.75) is 24.8 Å². The molecule has 0 radical (unpaired) electrons. The van der Waals surface area contributed by atoms with E-state index in [9.17, 15) is 13.6 Å². The molecule has 2 aromatic carbocycles. The number of hydrogen-bond acceptors (Lipinski definition) is 3. The van der Waals surface area contributed by atoms with Gasteiger partial charge in [-0.1, -0.05) is 24.3 Å². The fourth-order valence-corrected chi connectivity index (χ4v) is 4.02. The van der Waals surface area contributed by atoms with Gasteiger partial charge < -0.3 is 15.4 Å². The van der Waals surface area contributed by atoms with Gasteiger partial charge in [-0.2, -0.15) is 0 Å². The third-order valence-corrected chi connectivity index (χ3v) is 5.77. The maximum Gasteiger partial charge on any atom is 0.246 e.